The summed E-state index contributed by atoms with van der Waals surface area (Å²) in [7, 11) is 0. The highest BCUT2D eigenvalue weighted by Crippen LogP contribution is 2.25. The van der Waals surface area contributed by atoms with Crippen LogP contribution in [0.5, 0.6) is 5.75 Å². The minimum absolute atomic E-state index is 0.330. The summed E-state index contributed by atoms with van der Waals surface area (Å²) in [6.07, 6.45) is -0.463. The van der Waals surface area contributed by atoms with Crippen molar-refractivity contribution < 1.29 is 9.84 Å². The largest absolute Gasteiger partial charge is 0.491 e. The number of aliphatic hydroxyl groups is 1. The maximum atomic E-state index is 9.68. The molecule has 1 aromatic carbocycles. The number of hydrogen-bond donors (Lipinski definition) is 2. The number of benzene rings is 1. The standard InChI is InChI=1S/C14H23NO2/c1-4-15-9-12(16)10-17-14-8-6-5-7-13(14)11(2)3/h5-8,11-12,15-16H,4,9-10H2,1-3H3. The number of aliphatic hydroxyl groups excluding tert-OH is 1. The van der Waals surface area contributed by atoms with Crippen molar-refractivity contribution in [1.82, 2.24) is 5.32 Å². The molecule has 1 unspecified atom stereocenters. The summed E-state index contributed by atoms with van der Waals surface area (Å²) in [5.41, 5.74) is 1.18. The molecule has 3 heteroatoms. The minimum atomic E-state index is -0.463. The minimum Gasteiger partial charge on any atom is -0.491 e. The van der Waals surface area contributed by atoms with Crippen molar-refractivity contribution in [3.63, 3.8) is 0 Å². The number of ether oxygens (including phenoxy) is 1. The van der Waals surface area contributed by atoms with Crippen LogP contribution in [0.4, 0.5) is 0 Å². The topological polar surface area (TPSA) is 41.5 Å². The molecule has 0 bridgehead atoms. The van der Waals surface area contributed by atoms with Gasteiger partial charge in [-0.1, -0.05) is 39.0 Å². The van der Waals surface area contributed by atoms with Gasteiger partial charge in [0.15, 0.2) is 0 Å². The highest BCUT2D eigenvalue weighted by molar-refractivity contribution is 5.35. The SMILES string of the molecule is CCNCC(O)COc1ccccc1C(C)C. The lowest BCUT2D eigenvalue weighted by Crippen LogP contribution is -2.31. The molecule has 1 aromatic rings. The molecule has 17 heavy (non-hydrogen) atoms. The molecule has 0 fully saturated rings. The molecule has 2 N–H and O–H groups in total. The Labute approximate surface area is 104 Å². The van der Waals surface area contributed by atoms with Gasteiger partial charge >= 0.3 is 0 Å². The van der Waals surface area contributed by atoms with Gasteiger partial charge in [-0.05, 0) is 24.1 Å². The smallest absolute Gasteiger partial charge is 0.122 e. The van der Waals surface area contributed by atoms with Gasteiger partial charge in [0.05, 0.1) is 0 Å². The van der Waals surface area contributed by atoms with E-state index in [0.717, 1.165) is 12.3 Å². The molecule has 0 aliphatic carbocycles. The van der Waals surface area contributed by atoms with E-state index in [1.54, 1.807) is 0 Å². The Morgan fingerprint density at radius 1 is 1.29 bits per heavy atom. The quantitative estimate of drug-likeness (QED) is 0.763. The molecular weight excluding hydrogens is 214 g/mol. The van der Waals surface area contributed by atoms with Crippen LogP contribution in [0.25, 0.3) is 0 Å². The van der Waals surface area contributed by atoms with E-state index >= 15 is 0 Å². The third kappa shape index (κ3) is 4.75. The summed E-state index contributed by atoms with van der Waals surface area (Å²) in [5.74, 6) is 1.30. The average molecular weight is 237 g/mol. The molecule has 1 atom stereocenters. The molecule has 0 saturated carbocycles. The molecule has 0 aliphatic heterocycles. The first-order valence-corrected chi connectivity index (χ1v) is 6.25. The number of hydrogen-bond acceptors (Lipinski definition) is 3. The van der Waals surface area contributed by atoms with Gasteiger partial charge in [-0.25, -0.2) is 0 Å². The van der Waals surface area contributed by atoms with E-state index in [9.17, 15) is 5.11 Å². The maximum absolute atomic E-state index is 9.68. The van der Waals surface area contributed by atoms with Gasteiger partial charge in [-0.3, -0.25) is 0 Å². The molecule has 0 amide bonds. The fourth-order valence-corrected chi connectivity index (χ4v) is 1.64. The van der Waals surface area contributed by atoms with Crippen molar-refractivity contribution in [3.8, 4) is 5.75 Å². The fourth-order valence-electron chi connectivity index (χ4n) is 1.64. The summed E-state index contributed by atoms with van der Waals surface area (Å²) >= 11 is 0. The predicted molar refractivity (Wildman–Crippen MR) is 70.6 cm³/mol. The molecule has 0 saturated heterocycles. The first-order valence-electron chi connectivity index (χ1n) is 6.25. The highest BCUT2D eigenvalue weighted by Gasteiger charge is 2.09. The molecule has 3 nitrogen and oxygen atoms in total. The Kier molecular flexibility index (Phi) is 6.01. The Morgan fingerprint density at radius 2 is 2.00 bits per heavy atom. The van der Waals surface area contributed by atoms with Crippen molar-refractivity contribution in [2.45, 2.75) is 32.8 Å². The van der Waals surface area contributed by atoms with Gasteiger partial charge in [0.1, 0.15) is 18.5 Å². The van der Waals surface area contributed by atoms with Gasteiger partial charge in [0.25, 0.3) is 0 Å². The fraction of sp³-hybridized carbons (Fsp3) is 0.571. The van der Waals surface area contributed by atoms with Crippen LogP contribution in [0, 0.1) is 0 Å². The van der Waals surface area contributed by atoms with E-state index in [2.05, 4.69) is 25.2 Å². The Morgan fingerprint density at radius 3 is 2.65 bits per heavy atom. The Bertz CT molecular complexity index is 326. The zero-order valence-electron chi connectivity index (χ0n) is 10.9. The summed E-state index contributed by atoms with van der Waals surface area (Å²) in [6, 6.07) is 7.99. The maximum Gasteiger partial charge on any atom is 0.122 e. The third-order valence-corrected chi connectivity index (χ3v) is 2.60. The second-order valence-electron chi connectivity index (χ2n) is 4.47. The lowest BCUT2D eigenvalue weighted by atomic mass is 10.0. The van der Waals surface area contributed by atoms with E-state index in [-0.39, 0.29) is 0 Å². The first kappa shape index (κ1) is 14.0. The number of nitrogens with one attached hydrogen (secondary N) is 1. The molecule has 0 aliphatic rings. The Hall–Kier alpha value is -1.06. The van der Waals surface area contributed by atoms with E-state index in [1.165, 1.54) is 5.56 Å². The second kappa shape index (κ2) is 7.30. The van der Waals surface area contributed by atoms with Crippen molar-refractivity contribution in [3.05, 3.63) is 29.8 Å². The molecule has 1 rings (SSSR count). The monoisotopic (exact) mass is 237 g/mol. The van der Waals surface area contributed by atoms with Crippen LogP contribution >= 0.6 is 0 Å². The van der Waals surface area contributed by atoms with E-state index < -0.39 is 6.10 Å². The normalized spacial score (nSPS) is 12.8. The van der Waals surface area contributed by atoms with E-state index in [1.807, 2.05) is 25.1 Å². The molecule has 0 spiro atoms. The van der Waals surface area contributed by atoms with Crippen LogP contribution in [0.15, 0.2) is 24.3 Å². The van der Waals surface area contributed by atoms with Crippen LogP contribution in [0.1, 0.15) is 32.3 Å². The Balaban J connectivity index is 2.51. The lowest BCUT2D eigenvalue weighted by Gasteiger charge is -2.16. The number of likely N-dealkylation sites (N-methyl/N-ethyl adjacent to an activating group) is 1. The van der Waals surface area contributed by atoms with Gasteiger partial charge in [0, 0.05) is 6.54 Å². The molecule has 0 aromatic heterocycles. The van der Waals surface area contributed by atoms with Gasteiger partial charge < -0.3 is 15.2 Å². The van der Waals surface area contributed by atoms with Crippen molar-refractivity contribution >= 4 is 0 Å². The summed E-state index contributed by atoms with van der Waals surface area (Å²) in [6.45, 7) is 8.05. The van der Waals surface area contributed by atoms with Crippen LogP contribution in [-0.4, -0.2) is 30.9 Å². The van der Waals surface area contributed by atoms with E-state index in [0.29, 0.717) is 19.1 Å². The van der Waals surface area contributed by atoms with Crippen molar-refractivity contribution in [2.75, 3.05) is 19.7 Å². The zero-order valence-corrected chi connectivity index (χ0v) is 10.9. The summed E-state index contributed by atoms with van der Waals surface area (Å²) in [4.78, 5) is 0. The van der Waals surface area contributed by atoms with Crippen LogP contribution in [0.2, 0.25) is 0 Å². The average Bonchev–Trinajstić information content (AvgIpc) is 2.34. The van der Waals surface area contributed by atoms with Gasteiger partial charge in [-0.2, -0.15) is 0 Å². The lowest BCUT2D eigenvalue weighted by molar-refractivity contribution is 0.106. The van der Waals surface area contributed by atoms with Crippen molar-refractivity contribution in [1.29, 1.82) is 0 Å². The zero-order chi connectivity index (χ0) is 12.7. The van der Waals surface area contributed by atoms with Crippen molar-refractivity contribution in [2.24, 2.45) is 0 Å². The van der Waals surface area contributed by atoms with E-state index in [4.69, 9.17) is 4.74 Å². The van der Waals surface area contributed by atoms with Crippen LogP contribution < -0.4 is 10.1 Å². The number of para-hydroxylation sites is 1. The number of rotatable bonds is 7. The summed E-state index contributed by atoms with van der Waals surface area (Å²) < 4.78 is 5.67. The third-order valence-electron chi connectivity index (χ3n) is 2.60. The molecule has 0 heterocycles. The van der Waals surface area contributed by atoms with Crippen LogP contribution in [-0.2, 0) is 0 Å². The molecular formula is C14H23NO2. The molecule has 96 valence electrons. The summed E-state index contributed by atoms with van der Waals surface area (Å²) in [5, 5.41) is 12.8. The van der Waals surface area contributed by atoms with Gasteiger partial charge in [-0.15, -0.1) is 0 Å². The second-order valence-corrected chi connectivity index (χ2v) is 4.47. The van der Waals surface area contributed by atoms with Gasteiger partial charge in [0.2, 0.25) is 0 Å². The highest BCUT2D eigenvalue weighted by atomic mass is 16.5. The molecule has 0 radical (unpaired) electrons. The van der Waals surface area contributed by atoms with Crippen LogP contribution in [0.3, 0.4) is 0 Å². The first-order chi connectivity index (χ1) is 8.15. The predicted octanol–water partition coefficient (Wildman–Crippen LogP) is 2.16.